The van der Waals surface area contributed by atoms with Gasteiger partial charge >= 0.3 is 23.9 Å². The normalized spacial score (nSPS) is 13.9. The predicted molar refractivity (Wildman–Crippen MR) is 55.7 cm³/mol. The van der Waals surface area contributed by atoms with Crippen LogP contribution in [0.25, 0.3) is 0 Å². The number of amides is 1. The van der Waals surface area contributed by atoms with Gasteiger partial charge in [0.05, 0.1) is 0 Å². The highest BCUT2D eigenvalue weighted by Gasteiger charge is 2.88. The summed E-state index contributed by atoms with van der Waals surface area (Å²) >= 11 is 0. The van der Waals surface area contributed by atoms with Crippen LogP contribution in [0.2, 0.25) is 0 Å². The standard InChI is InChI=1S/C11H6F9NO/c12-9(13,14)8(10(15,16)17,11(18,19)20)7(22)21-6-4-2-1-3-5-6/h1-5H,(H,21,22). The summed E-state index contributed by atoms with van der Waals surface area (Å²) in [7, 11) is 0. The third-order valence-corrected chi connectivity index (χ3v) is 2.65. The molecule has 11 heteroatoms. The Morgan fingerprint density at radius 3 is 1.41 bits per heavy atom. The average Bonchev–Trinajstić information content (AvgIpc) is 2.24. The summed E-state index contributed by atoms with van der Waals surface area (Å²) in [5.74, 6) is -3.27. The molecule has 0 bridgehead atoms. The fourth-order valence-electron chi connectivity index (χ4n) is 1.61. The van der Waals surface area contributed by atoms with Crippen LogP contribution in [-0.4, -0.2) is 24.4 Å². The van der Waals surface area contributed by atoms with E-state index < -0.39 is 35.5 Å². The molecule has 1 N–H and O–H groups in total. The van der Waals surface area contributed by atoms with Crippen molar-refractivity contribution in [2.75, 3.05) is 5.32 Å². The van der Waals surface area contributed by atoms with E-state index in [0.29, 0.717) is 0 Å². The van der Waals surface area contributed by atoms with Crippen LogP contribution in [0.4, 0.5) is 45.2 Å². The van der Waals surface area contributed by atoms with E-state index in [4.69, 9.17) is 0 Å². The Hall–Kier alpha value is -1.94. The average molecular weight is 339 g/mol. The maximum atomic E-state index is 12.6. The zero-order valence-electron chi connectivity index (χ0n) is 10.2. The molecule has 0 aromatic heterocycles. The first-order chi connectivity index (χ1) is 9.75. The van der Waals surface area contributed by atoms with Gasteiger partial charge in [0.25, 0.3) is 5.91 Å². The first-order valence-electron chi connectivity index (χ1n) is 5.32. The molecule has 1 rings (SSSR count). The summed E-state index contributed by atoms with van der Waals surface area (Å²) in [4.78, 5) is 11.3. The van der Waals surface area contributed by atoms with Crippen LogP contribution in [0.15, 0.2) is 30.3 Å². The van der Waals surface area contributed by atoms with E-state index in [1.54, 1.807) is 0 Å². The van der Waals surface area contributed by atoms with E-state index in [-0.39, 0.29) is 0 Å². The molecule has 0 unspecified atom stereocenters. The van der Waals surface area contributed by atoms with Gasteiger partial charge in [0.2, 0.25) is 0 Å². The van der Waals surface area contributed by atoms with Gasteiger partial charge in [0.1, 0.15) is 0 Å². The van der Waals surface area contributed by atoms with Gasteiger partial charge in [0, 0.05) is 5.69 Å². The van der Waals surface area contributed by atoms with Crippen molar-refractivity contribution in [1.82, 2.24) is 0 Å². The van der Waals surface area contributed by atoms with Crippen molar-refractivity contribution in [2.24, 2.45) is 5.41 Å². The molecule has 0 atom stereocenters. The second-order valence-electron chi connectivity index (χ2n) is 4.06. The van der Waals surface area contributed by atoms with Gasteiger partial charge in [-0.1, -0.05) is 18.2 Å². The highest BCUT2D eigenvalue weighted by atomic mass is 19.4. The van der Waals surface area contributed by atoms with Crippen molar-refractivity contribution in [2.45, 2.75) is 18.5 Å². The fraction of sp³-hybridized carbons (Fsp3) is 0.364. The maximum absolute atomic E-state index is 12.6. The monoisotopic (exact) mass is 339 g/mol. The lowest BCUT2D eigenvalue weighted by molar-refractivity contribution is -0.405. The first kappa shape index (κ1) is 18.1. The molecule has 0 radical (unpaired) electrons. The molecular weight excluding hydrogens is 333 g/mol. The molecule has 22 heavy (non-hydrogen) atoms. The van der Waals surface area contributed by atoms with Crippen LogP contribution < -0.4 is 5.32 Å². The molecule has 0 aliphatic rings. The van der Waals surface area contributed by atoms with Crippen molar-refractivity contribution in [3.05, 3.63) is 30.3 Å². The summed E-state index contributed by atoms with van der Waals surface area (Å²) in [6.07, 6.45) is -20.8. The Balaban J connectivity index is 3.47. The summed E-state index contributed by atoms with van der Waals surface area (Å²) in [6.45, 7) is 0. The highest BCUT2D eigenvalue weighted by molar-refractivity contribution is 5.97. The molecule has 0 fully saturated rings. The summed E-state index contributed by atoms with van der Waals surface area (Å²) in [5.41, 5.74) is -7.17. The Bertz CT molecular complexity index is 493. The first-order valence-corrected chi connectivity index (χ1v) is 5.32. The molecule has 1 aromatic carbocycles. The molecule has 0 aliphatic carbocycles. The summed E-state index contributed by atoms with van der Waals surface area (Å²) in [5, 5.41) is 1.00. The van der Waals surface area contributed by atoms with E-state index >= 15 is 0 Å². The van der Waals surface area contributed by atoms with E-state index in [1.807, 2.05) is 0 Å². The van der Waals surface area contributed by atoms with Crippen LogP contribution in [0.3, 0.4) is 0 Å². The molecule has 1 aromatic rings. The molecule has 0 heterocycles. The number of para-hydroxylation sites is 1. The fourth-order valence-corrected chi connectivity index (χ4v) is 1.61. The van der Waals surface area contributed by atoms with Crippen molar-refractivity contribution in [3.63, 3.8) is 0 Å². The van der Waals surface area contributed by atoms with Crippen molar-refractivity contribution >= 4 is 11.6 Å². The Kier molecular flexibility index (Phi) is 4.41. The third-order valence-electron chi connectivity index (χ3n) is 2.65. The number of carbonyl (C=O) groups excluding carboxylic acids is 1. The highest BCUT2D eigenvalue weighted by Crippen LogP contribution is 2.59. The number of carbonyl (C=O) groups is 1. The molecular formula is C11H6F9NO. The van der Waals surface area contributed by atoms with Gasteiger partial charge in [-0.15, -0.1) is 0 Å². The van der Waals surface area contributed by atoms with Crippen LogP contribution in [-0.2, 0) is 4.79 Å². The van der Waals surface area contributed by atoms with Gasteiger partial charge in [0.15, 0.2) is 0 Å². The third kappa shape index (κ3) is 2.83. The minimum absolute atomic E-state index is 0.644. The quantitative estimate of drug-likeness (QED) is 0.800. The zero-order valence-corrected chi connectivity index (χ0v) is 10.2. The second-order valence-corrected chi connectivity index (χ2v) is 4.06. The molecule has 0 saturated carbocycles. The number of rotatable bonds is 2. The minimum atomic E-state index is -6.93. The number of hydrogen-bond acceptors (Lipinski definition) is 1. The lowest BCUT2D eigenvalue weighted by Gasteiger charge is -2.36. The number of hydrogen-bond donors (Lipinski definition) is 1. The molecule has 2 nitrogen and oxygen atoms in total. The smallest absolute Gasteiger partial charge is 0.325 e. The minimum Gasteiger partial charge on any atom is -0.325 e. The van der Waals surface area contributed by atoms with E-state index in [1.165, 1.54) is 6.07 Å². The van der Waals surface area contributed by atoms with Crippen LogP contribution >= 0.6 is 0 Å². The van der Waals surface area contributed by atoms with Gasteiger partial charge in [-0.05, 0) is 12.1 Å². The van der Waals surface area contributed by atoms with Crippen LogP contribution in [0, 0.1) is 5.41 Å². The van der Waals surface area contributed by atoms with Gasteiger partial charge in [-0.25, -0.2) is 0 Å². The molecule has 0 spiro atoms. The topological polar surface area (TPSA) is 29.1 Å². The summed E-state index contributed by atoms with van der Waals surface area (Å²) in [6, 6.07) is 5.18. The van der Waals surface area contributed by atoms with Crippen LogP contribution in [0.1, 0.15) is 0 Å². The van der Waals surface area contributed by atoms with E-state index in [9.17, 15) is 44.3 Å². The number of halogens is 9. The summed E-state index contributed by atoms with van der Waals surface area (Å²) < 4.78 is 114. The SMILES string of the molecule is O=C(Nc1ccccc1)C(C(F)(F)F)(C(F)(F)F)C(F)(F)F. The Morgan fingerprint density at radius 2 is 1.09 bits per heavy atom. The largest absolute Gasteiger partial charge is 0.421 e. The molecule has 0 saturated heterocycles. The lowest BCUT2D eigenvalue weighted by Crippen LogP contribution is -2.65. The number of alkyl halides is 9. The number of anilines is 1. The van der Waals surface area contributed by atoms with Crippen molar-refractivity contribution < 1.29 is 44.3 Å². The van der Waals surface area contributed by atoms with Gasteiger partial charge < -0.3 is 5.32 Å². The molecule has 0 aliphatic heterocycles. The lowest BCUT2D eigenvalue weighted by atomic mass is 9.84. The van der Waals surface area contributed by atoms with Crippen molar-refractivity contribution in [3.8, 4) is 0 Å². The van der Waals surface area contributed by atoms with E-state index in [2.05, 4.69) is 0 Å². The molecule has 1 amide bonds. The number of nitrogens with one attached hydrogen (secondary N) is 1. The second kappa shape index (κ2) is 5.36. The predicted octanol–water partition coefficient (Wildman–Crippen LogP) is 4.30. The maximum Gasteiger partial charge on any atom is 0.421 e. The Morgan fingerprint density at radius 1 is 0.727 bits per heavy atom. The van der Waals surface area contributed by atoms with E-state index in [0.717, 1.165) is 29.6 Å². The van der Waals surface area contributed by atoms with Crippen molar-refractivity contribution in [1.29, 1.82) is 0 Å². The van der Waals surface area contributed by atoms with Crippen LogP contribution in [0.5, 0.6) is 0 Å². The van der Waals surface area contributed by atoms with Gasteiger partial charge in [-0.3, -0.25) is 4.79 Å². The Labute approximate surface area is 116 Å². The zero-order chi connectivity index (χ0) is 17.4. The van der Waals surface area contributed by atoms with Gasteiger partial charge in [-0.2, -0.15) is 39.5 Å². The number of benzene rings is 1. The molecule has 124 valence electrons.